The lowest BCUT2D eigenvalue weighted by Crippen LogP contribution is -2.39. The zero-order valence-corrected chi connectivity index (χ0v) is 18.1. The highest BCUT2D eigenvalue weighted by Gasteiger charge is 2.34. The molecule has 0 spiro atoms. The summed E-state index contributed by atoms with van der Waals surface area (Å²) in [5.41, 5.74) is 0.721. The van der Waals surface area contributed by atoms with Crippen LogP contribution in [-0.2, 0) is 24.1 Å². The summed E-state index contributed by atoms with van der Waals surface area (Å²) in [4.78, 5) is 24.7. The van der Waals surface area contributed by atoms with E-state index in [-0.39, 0.29) is 22.8 Å². The fourth-order valence-corrected chi connectivity index (χ4v) is 4.94. The Morgan fingerprint density at radius 1 is 1.00 bits per heavy atom. The van der Waals surface area contributed by atoms with Gasteiger partial charge in [0.15, 0.2) is 0 Å². The standard InChI is InChI=1S/C22H21N3O5S/c1-15-8-10-18(11-9-15)31(28,29)25-17(14-30-20-7-5-4-6-19(20)25)12-16-13-23(2)22(27)24(3)21(16)26/h4-13H,14H2,1-3H3/b17-12+. The summed E-state index contributed by atoms with van der Waals surface area (Å²) in [6, 6.07) is 13.4. The molecule has 0 bridgehead atoms. The van der Waals surface area contributed by atoms with Crippen LogP contribution >= 0.6 is 0 Å². The lowest BCUT2D eigenvalue weighted by atomic mass is 10.2. The average Bonchev–Trinajstić information content (AvgIpc) is 2.76. The van der Waals surface area contributed by atoms with E-state index in [0.29, 0.717) is 11.4 Å². The van der Waals surface area contributed by atoms with Gasteiger partial charge >= 0.3 is 5.69 Å². The lowest BCUT2D eigenvalue weighted by molar-refractivity contribution is 0.342. The molecular formula is C22H21N3O5S. The molecule has 4 rings (SSSR count). The molecule has 2 aromatic carbocycles. The largest absolute Gasteiger partial charge is 0.485 e. The monoisotopic (exact) mass is 439 g/mol. The Labute approximate surface area is 179 Å². The molecule has 0 N–H and O–H groups in total. The quantitative estimate of drug-likeness (QED) is 0.623. The van der Waals surface area contributed by atoms with Gasteiger partial charge in [-0.25, -0.2) is 17.5 Å². The summed E-state index contributed by atoms with van der Waals surface area (Å²) >= 11 is 0. The topological polar surface area (TPSA) is 90.6 Å². The highest BCUT2D eigenvalue weighted by atomic mass is 32.2. The normalized spacial score (nSPS) is 14.9. The molecule has 1 aliphatic heterocycles. The molecule has 0 aliphatic carbocycles. The minimum atomic E-state index is -4.00. The Kier molecular flexibility index (Phi) is 5.06. The maximum atomic E-state index is 13.6. The van der Waals surface area contributed by atoms with E-state index in [1.165, 1.54) is 35.2 Å². The van der Waals surface area contributed by atoms with Crippen molar-refractivity contribution in [3.05, 3.63) is 92.4 Å². The number of hydrogen-bond acceptors (Lipinski definition) is 5. The van der Waals surface area contributed by atoms with E-state index in [1.807, 2.05) is 6.92 Å². The van der Waals surface area contributed by atoms with Crippen LogP contribution in [0.3, 0.4) is 0 Å². The molecule has 160 valence electrons. The molecule has 1 aromatic heterocycles. The van der Waals surface area contributed by atoms with E-state index in [1.54, 1.807) is 48.5 Å². The van der Waals surface area contributed by atoms with E-state index < -0.39 is 21.3 Å². The molecule has 3 aromatic rings. The van der Waals surface area contributed by atoms with Gasteiger partial charge in [-0.2, -0.15) is 0 Å². The van der Waals surface area contributed by atoms with Crippen LogP contribution in [0, 0.1) is 6.92 Å². The first-order valence-corrected chi connectivity index (χ1v) is 11.0. The van der Waals surface area contributed by atoms with Gasteiger partial charge < -0.3 is 9.30 Å². The van der Waals surface area contributed by atoms with Crippen molar-refractivity contribution in [3.8, 4) is 5.75 Å². The number of benzene rings is 2. The predicted molar refractivity (Wildman–Crippen MR) is 118 cm³/mol. The number of para-hydroxylation sites is 2. The zero-order chi connectivity index (χ0) is 22.3. The number of sulfonamides is 1. The van der Waals surface area contributed by atoms with Crippen molar-refractivity contribution in [2.24, 2.45) is 14.1 Å². The maximum absolute atomic E-state index is 13.6. The lowest BCUT2D eigenvalue weighted by Gasteiger charge is -2.32. The summed E-state index contributed by atoms with van der Waals surface area (Å²) in [6.07, 6.45) is 2.83. The molecular weight excluding hydrogens is 418 g/mol. The molecule has 8 nitrogen and oxygen atoms in total. The fourth-order valence-electron chi connectivity index (χ4n) is 3.43. The van der Waals surface area contributed by atoms with Crippen LogP contribution in [-0.4, -0.2) is 24.2 Å². The molecule has 1 aliphatic rings. The molecule has 9 heteroatoms. The fraction of sp³-hybridized carbons (Fsp3) is 0.182. The van der Waals surface area contributed by atoms with Crippen molar-refractivity contribution in [3.63, 3.8) is 0 Å². The summed E-state index contributed by atoms with van der Waals surface area (Å²) in [7, 11) is -1.09. The number of hydrogen-bond donors (Lipinski definition) is 0. The first-order valence-electron chi connectivity index (χ1n) is 9.51. The number of aryl methyl sites for hydroxylation is 2. The van der Waals surface area contributed by atoms with Gasteiger partial charge in [0.25, 0.3) is 15.6 Å². The Morgan fingerprint density at radius 2 is 1.68 bits per heavy atom. The van der Waals surface area contributed by atoms with Gasteiger partial charge in [0.05, 0.1) is 21.8 Å². The van der Waals surface area contributed by atoms with Crippen molar-refractivity contribution >= 4 is 21.8 Å². The highest BCUT2D eigenvalue weighted by Crippen LogP contribution is 2.39. The molecule has 0 unspecified atom stereocenters. The Hall–Kier alpha value is -3.59. The maximum Gasteiger partial charge on any atom is 0.330 e. The third-order valence-corrected chi connectivity index (χ3v) is 6.85. The second-order valence-corrected chi connectivity index (χ2v) is 9.10. The zero-order valence-electron chi connectivity index (χ0n) is 17.3. The Bertz CT molecular complexity index is 1420. The summed E-state index contributed by atoms with van der Waals surface area (Å²) in [5, 5.41) is 0. The van der Waals surface area contributed by atoms with Gasteiger partial charge in [-0.15, -0.1) is 0 Å². The third-order valence-electron chi connectivity index (χ3n) is 5.07. The first-order chi connectivity index (χ1) is 14.7. The van der Waals surface area contributed by atoms with E-state index >= 15 is 0 Å². The van der Waals surface area contributed by atoms with Crippen LogP contribution in [0.15, 0.2) is 74.9 Å². The van der Waals surface area contributed by atoms with Crippen molar-refractivity contribution in [2.45, 2.75) is 11.8 Å². The van der Waals surface area contributed by atoms with Crippen LogP contribution in [0.5, 0.6) is 5.75 Å². The molecule has 0 fully saturated rings. The molecule has 0 saturated heterocycles. The first kappa shape index (κ1) is 20.7. The molecule has 31 heavy (non-hydrogen) atoms. The molecule has 0 atom stereocenters. The average molecular weight is 439 g/mol. The summed E-state index contributed by atoms with van der Waals surface area (Å²) in [6.45, 7) is 1.81. The van der Waals surface area contributed by atoms with Crippen molar-refractivity contribution < 1.29 is 13.2 Å². The number of aromatic nitrogens is 2. The van der Waals surface area contributed by atoms with Crippen LogP contribution in [0.25, 0.3) is 6.08 Å². The van der Waals surface area contributed by atoms with E-state index in [9.17, 15) is 18.0 Å². The van der Waals surface area contributed by atoms with Crippen molar-refractivity contribution in [2.75, 3.05) is 10.9 Å². The van der Waals surface area contributed by atoms with Crippen LogP contribution in [0.1, 0.15) is 11.1 Å². The predicted octanol–water partition coefficient (Wildman–Crippen LogP) is 2.02. The number of fused-ring (bicyclic) bond motifs is 1. The van der Waals surface area contributed by atoms with Gasteiger partial charge in [-0.05, 0) is 37.3 Å². The summed E-state index contributed by atoms with van der Waals surface area (Å²) < 4.78 is 36.5. The number of ether oxygens (including phenoxy) is 1. The summed E-state index contributed by atoms with van der Waals surface area (Å²) in [5.74, 6) is 0.420. The van der Waals surface area contributed by atoms with Crippen molar-refractivity contribution in [1.29, 1.82) is 0 Å². The van der Waals surface area contributed by atoms with Crippen LogP contribution < -0.4 is 20.3 Å². The molecule has 0 radical (unpaired) electrons. The number of rotatable bonds is 3. The van der Waals surface area contributed by atoms with Gasteiger partial charge in [-0.1, -0.05) is 29.8 Å². The Balaban J connectivity index is 1.95. The molecule has 0 saturated carbocycles. The molecule has 0 amide bonds. The Morgan fingerprint density at radius 3 is 2.39 bits per heavy atom. The minimum Gasteiger partial charge on any atom is -0.485 e. The third kappa shape index (κ3) is 3.57. The number of nitrogens with zero attached hydrogens (tertiary/aromatic N) is 3. The number of anilines is 1. The van der Waals surface area contributed by atoms with E-state index in [4.69, 9.17) is 4.74 Å². The second-order valence-electron chi connectivity index (χ2n) is 7.32. The SMILES string of the molecule is Cc1ccc(S(=O)(=O)N2/C(=C/c3cn(C)c(=O)n(C)c3=O)COc3ccccc32)cc1. The van der Waals surface area contributed by atoms with Crippen LogP contribution in [0.4, 0.5) is 5.69 Å². The molecule has 2 heterocycles. The van der Waals surface area contributed by atoms with Crippen LogP contribution in [0.2, 0.25) is 0 Å². The van der Waals surface area contributed by atoms with Gasteiger partial charge in [0.1, 0.15) is 12.4 Å². The smallest absolute Gasteiger partial charge is 0.330 e. The minimum absolute atomic E-state index is 0.0614. The second kappa shape index (κ2) is 7.59. The van der Waals surface area contributed by atoms with Gasteiger partial charge in [0, 0.05) is 20.3 Å². The van der Waals surface area contributed by atoms with Crippen molar-refractivity contribution in [1.82, 2.24) is 9.13 Å². The highest BCUT2D eigenvalue weighted by molar-refractivity contribution is 7.93. The van der Waals surface area contributed by atoms with E-state index in [0.717, 1.165) is 10.1 Å². The van der Waals surface area contributed by atoms with E-state index in [2.05, 4.69) is 0 Å². The van der Waals surface area contributed by atoms with Gasteiger partial charge in [-0.3, -0.25) is 9.36 Å². The van der Waals surface area contributed by atoms with Gasteiger partial charge in [0.2, 0.25) is 0 Å².